The van der Waals surface area contributed by atoms with Crippen molar-refractivity contribution in [1.82, 2.24) is 10.2 Å². The van der Waals surface area contributed by atoms with E-state index in [-0.39, 0.29) is 24.4 Å². The van der Waals surface area contributed by atoms with Crippen molar-refractivity contribution in [3.63, 3.8) is 0 Å². The van der Waals surface area contributed by atoms with Gasteiger partial charge in [0.25, 0.3) is 5.91 Å². The molecule has 0 radical (unpaired) electrons. The summed E-state index contributed by atoms with van der Waals surface area (Å²) >= 11 is 1.73. The van der Waals surface area contributed by atoms with E-state index in [1.165, 1.54) is 4.88 Å². The molecular formula is C21H29ClN2O3S. The molecule has 28 heavy (non-hydrogen) atoms. The van der Waals surface area contributed by atoms with E-state index in [0.717, 1.165) is 39.1 Å². The Morgan fingerprint density at radius 1 is 1.25 bits per heavy atom. The zero-order chi connectivity index (χ0) is 18.9. The molecule has 154 valence electrons. The van der Waals surface area contributed by atoms with Gasteiger partial charge in [-0.05, 0) is 30.0 Å². The highest BCUT2D eigenvalue weighted by atomic mass is 35.5. The largest absolute Gasteiger partial charge is 0.493 e. The summed E-state index contributed by atoms with van der Waals surface area (Å²) in [5, 5.41) is 5.21. The van der Waals surface area contributed by atoms with Crippen LogP contribution in [0.2, 0.25) is 0 Å². The maximum absolute atomic E-state index is 12.8. The first-order valence-electron chi connectivity index (χ1n) is 9.65. The Morgan fingerprint density at radius 3 is 2.75 bits per heavy atom. The number of hydrogen-bond acceptors (Lipinski definition) is 5. The van der Waals surface area contributed by atoms with Gasteiger partial charge in [-0.15, -0.1) is 23.7 Å². The number of ether oxygens (including phenoxy) is 2. The van der Waals surface area contributed by atoms with E-state index in [0.29, 0.717) is 24.5 Å². The van der Waals surface area contributed by atoms with E-state index in [1.807, 2.05) is 24.3 Å². The van der Waals surface area contributed by atoms with Crippen molar-refractivity contribution in [2.75, 3.05) is 39.5 Å². The number of carbonyl (C=O) groups excluding carboxylic acids is 1. The van der Waals surface area contributed by atoms with Gasteiger partial charge in [-0.1, -0.05) is 31.5 Å². The van der Waals surface area contributed by atoms with Crippen LogP contribution in [0.5, 0.6) is 5.75 Å². The Bertz CT molecular complexity index is 705. The van der Waals surface area contributed by atoms with Crippen molar-refractivity contribution in [2.24, 2.45) is 0 Å². The Kier molecular flexibility index (Phi) is 9.78. The van der Waals surface area contributed by atoms with Crippen molar-refractivity contribution in [2.45, 2.75) is 25.8 Å². The number of halogens is 1. The van der Waals surface area contributed by atoms with Gasteiger partial charge in [-0.2, -0.15) is 0 Å². The fourth-order valence-electron chi connectivity index (χ4n) is 3.17. The minimum Gasteiger partial charge on any atom is -0.493 e. The lowest BCUT2D eigenvalue weighted by Gasteiger charge is -2.34. The second kappa shape index (κ2) is 12.1. The molecule has 1 unspecified atom stereocenters. The number of rotatable bonds is 9. The predicted molar refractivity (Wildman–Crippen MR) is 116 cm³/mol. The van der Waals surface area contributed by atoms with Crippen LogP contribution in [0.1, 0.15) is 41.0 Å². The van der Waals surface area contributed by atoms with E-state index in [9.17, 15) is 4.79 Å². The second-order valence-corrected chi connectivity index (χ2v) is 7.57. The Hall–Kier alpha value is -1.60. The molecule has 0 saturated carbocycles. The monoisotopic (exact) mass is 424 g/mol. The number of carbonyl (C=O) groups is 1. The lowest BCUT2D eigenvalue weighted by Crippen LogP contribution is -2.43. The molecule has 1 atom stereocenters. The van der Waals surface area contributed by atoms with Crippen molar-refractivity contribution in [3.05, 3.63) is 52.2 Å². The molecule has 1 saturated heterocycles. The molecular weight excluding hydrogens is 396 g/mol. The number of unbranched alkanes of at least 4 members (excludes halogenated alkanes) is 1. The number of hydrogen-bond donors (Lipinski definition) is 1. The molecule has 1 amide bonds. The number of para-hydroxylation sites is 1. The minimum atomic E-state index is -0.0862. The van der Waals surface area contributed by atoms with E-state index in [2.05, 4.69) is 34.7 Å². The highest BCUT2D eigenvalue weighted by molar-refractivity contribution is 7.10. The van der Waals surface area contributed by atoms with Crippen molar-refractivity contribution in [1.29, 1.82) is 0 Å². The van der Waals surface area contributed by atoms with Crippen molar-refractivity contribution < 1.29 is 14.3 Å². The van der Waals surface area contributed by atoms with Crippen LogP contribution >= 0.6 is 23.7 Å². The fourth-order valence-corrected chi connectivity index (χ4v) is 4.03. The summed E-state index contributed by atoms with van der Waals surface area (Å²) in [4.78, 5) is 16.5. The molecule has 1 aliphatic rings. The first-order valence-corrected chi connectivity index (χ1v) is 10.5. The molecule has 1 N–H and O–H groups in total. The average molecular weight is 425 g/mol. The summed E-state index contributed by atoms with van der Waals surface area (Å²) in [5.41, 5.74) is 0.598. The second-order valence-electron chi connectivity index (χ2n) is 6.59. The molecule has 0 bridgehead atoms. The summed E-state index contributed by atoms with van der Waals surface area (Å²) in [7, 11) is 0. The molecule has 7 heteroatoms. The van der Waals surface area contributed by atoms with E-state index < -0.39 is 0 Å². The molecule has 0 aliphatic carbocycles. The molecule has 1 aliphatic heterocycles. The molecule has 5 nitrogen and oxygen atoms in total. The molecule has 2 heterocycles. The van der Waals surface area contributed by atoms with Crippen LogP contribution in [0.3, 0.4) is 0 Å². The van der Waals surface area contributed by atoms with Gasteiger partial charge in [0.15, 0.2) is 0 Å². The Labute approximate surface area is 177 Å². The third-order valence-corrected chi connectivity index (χ3v) is 5.67. The molecule has 0 spiro atoms. The highest BCUT2D eigenvalue weighted by Gasteiger charge is 2.24. The van der Waals surface area contributed by atoms with Gasteiger partial charge in [0.05, 0.1) is 31.4 Å². The predicted octanol–water partition coefficient (Wildman–Crippen LogP) is 4.15. The van der Waals surface area contributed by atoms with E-state index >= 15 is 0 Å². The third kappa shape index (κ3) is 6.21. The summed E-state index contributed by atoms with van der Waals surface area (Å²) in [6.45, 7) is 6.57. The molecule has 1 aromatic carbocycles. The topological polar surface area (TPSA) is 50.8 Å². The summed E-state index contributed by atoms with van der Waals surface area (Å²) < 4.78 is 11.3. The smallest absolute Gasteiger partial charge is 0.255 e. The molecule has 2 aromatic rings. The number of thiophene rings is 1. The lowest BCUT2D eigenvalue weighted by molar-refractivity contribution is 0.0169. The van der Waals surface area contributed by atoms with Gasteiger partial charge in [-0.25, -0.2) is 0 Å². The van der Waals surface area contributed by atoms with Gasteiger partial charge in [-0.3, -0.25) is 9.69 Å². The van der Waals surface area contributed by atoms with Crippen LogP contribution in [0.25, 0.3) is 0 Å². The average Bonchev–Trinajstić information content (AvgIpc) is 3.24. The van der Waals surface area contributed by atoms with Gasteiger partial charge >= 0.3 is 0 Å². The highest BCUT2D eigenvalue weighted by Crippen LogP contribution is 2.26. The number of nitrogens with zero attached hydrogens (tertiary/aromatic N) is 1. The Balaban J connectivity index is 0.00000280. The summed E-state index contributed by atoms with van der Waals surface area (Å²) in [6, 6.07) is 11.8. The van der Waals surface area contributed by atoms with Gasteiger partial charge in [0.1, 0.15) is 5.75 Å². The maximum Gasteiger partial charge on any atom is 0.255 e. The maximum atomic E-state index is 12.8. The summed E-state index contributed by atoms with van der Waals surface area (Å²) in [6.07, 6.45) is 2.05. The SMILES string of the molecule is CCCCOc1ccccc1C(=O)NCC(c1cccs1)N1CCOCC1.Cl. The Morgan fingerprint density at radius 2 is 2.04 bits per heavy atom. The fraction of sp³-hybridized carbons (Fsp3) is 0.476. The zero-order valence-corrected chi connectivity index (χ0v) is 17.9. The van der Waals surface area contributed by atoms with Crippen LogP contribution in [-0.2, 0) is 4.74 Å². The molecule has 3 rings (SSSR count). The van der Waals surface area contributed by atoms with Gasteiger partial charge in [0.2, 0.25) is 0 Å². The quantitative estimate of drug-likeness (QED) is 0.614. The lowest BCUT2D eigenvalue weighted by atomic mass is 10.1. The van der Waals surface area contributed by atoms with Crippen molar-refractivity contribution in [3.8, 4) is 5.75 Å². The molecule has 1 fully saturated rings. The van der Waals surface area contributed by atoms with Crippen LogP contribution in [0.15, 0.2) is 41.8 Å². The third-order valence-electron chi connectivity index (χ3n) is 4.70. The van der Waals surface area contributed by atoms with Gasteiger partial charge < -0.3 is 14.8 Å². The van der Waals surface area contributed by atoms with Crippen molar-refractivity contribution >= 4 is 29.7 Å². The molecule has 1 aromatic heterocycles. The van der Waals surface area contributed by atoms with Crippen LogP contribution in [0, 0.1) is 0 Å². The first kappa shape index (κ1) is 22.7. The van der Waals surface area contributed by atoms with E-state index in [1.54, 1.807) is 11.3 Å². The number of morpholine rings is 1. The zero-order valence-electron chi connectivity index (χ0n) is 16.3. The van der Waals surface area contributed by atoms with Crippen LogP contribution < -0.4 is 10.1 Å². The van der Waals surface area contributed by atoms with Crippen LogP contribution in [-0.4, -0.2) is 50.3 Å². The van der Waals surface area contributed by atoms with Crippen LogP contribution in [0.4, 0.5) is 0 Å². The standard InChI is InChI=1S/C21H28N2O3S.ClH/c1-2-3-12-26-19-8-5-4-7-17(19)21(24)22-16-18(20-9-6-15-27-20)23-10-13-25-14-11-23;/h4-9,15,18H,2-3,10-14,16H2,1H3,(H,22,24);1H. The first-order chi connectivity index (χ1) is 13.3. The summed E-state index contributed by atoms with van der Waals surface area (Å²) in [5.74, 6) is 0.569. The normalized spacial score (nSPS) is 15.5. The number of benzene rings is 1. The number of amides is 1. The van der Waals surface area contributed by atoms with E-state index in [4.69, 9.17) is 9.47 Å². The number of nitrogens with one attached hydrogen (secondary N) is 1. The minimum absolute atomic E-state index is 0. The van der Waals surface area contributed by atoms with Gasteiger partial charge in [0, 0.05) is 24.5 Å².